The lowest BCUT2D eigenvalue weighted by molar-refractivity contribution is 0.0943. The normalized spacial score (nSPS) is 19.2. The fourth-order valence-electron chi connectivity index (χ4n) is 3.21. The summed E-state index contributed by atoms with van der Waals surface area (Å²) in [6.45, 7) is 4.99. The van der Waals surface area contributed by atoms with Gasteiger partial charge in [-0.2, -0.15) is 0 Å². The van der Waals surface area contributed by atoms with E-state index in [-0.39, 0.29) is 5.91 Å². The van der Waals surface area contributed by atoms with Crippen molar-refractivity contribution >= 4 is 5.91 Å². The van der Waals surface area contributed by atoms with Gasteiger partial charge in [0.15, 0.2) is 0 Å². The first-order valence-corrected chi connectivity index (χ1v) is 7.83. The predicted molar refractivity (Wildman–Crippen MR) is 80.8 cm³/mol. The zero-order valence-electron chi connectivity index (χ0n) is 12.3. The molecule has 0 spiro atoms. The van der Waals surface area contributed by atoms with Gasteiger partial charge in [0.25, 0.3) is 5.91 Å². The minimum absolute atomic E-state index is 0.0840. The number of benzene rings is 1. The number of fused-ring (bicyclic) bond motifs is 1. The van der Waals surface area contributed by atoms with Crippen molar-refractivity contribution in [2.24, 2.45) is 5.41 Å². The highest BCUT2D eigenvalue weighted by molar-refractivity contribution is 5.94. The van der Waals surface area contributed by atoms with Gasteiger partial charge in [0.05, 0.1) is 0 Å². The summed E-state index contributed by atoms with van der Waals surface area (Å²) in [6.07, 6.45) is 6.06. The van der Waals surface area contributed by atoms with Crippen LogP contribution in [-0.2, 0) is 13.0 Å². The van der Waals surface area contributed by atoms with Gasteiger partial charge in [0.1, 0.15) is 0 Å². The molecule has 3 rings (SSSR count). The Kier molecular flexibility index (Phi) is 3.79. The molecule has 0 saturated heterocycles. The molecule has 1 aliphatic heterocycles. The summed E-state index contributed by atoms with van der Waals surface area (Å²) >= 11 is 0. The topological polar surface area (TPSA) is 41.1 Å². The van der Waals surface area contributed by atoms with Gasteiger partial charge in [-0.25, -0.2) is 0 Å². The van der Waals surface area contributed by atoms with E-state index >= 15 is 0 Å². The van der Waals surface area contributed by atoms with E-state index in [4.69, 9.17) is 0 Å². The van der Waals surface area contributed by atoms with Crippen LogP contribution in [0.5, 0.6) is 0 Å². The zero-order chi connectivity index (χ0) is 14.0. The molecule has 1 aromatic carbocycles. The van der Waals surface area contributed by atoms with Gasteiger partial charge >= 0.3 is 0 Å². The Balaban J connectivity index is 1.62. The van der Waals surface area contributed by atoms with E-state index in [1.807, 2.05) is 6.07 Å². The van der Waals surface area contributed by atoms with Crippen molar-refractivity contribution in [2.75, 3.05) is 13.1 Å². The number of hydrogen-bond donors (Lipinski definition) is 2. The monoisotopic (exact) mass is 272 g/mol. The first-order valence-electron chi connectivity index (χ1n) is 7.83. The summed E-state index contributed by atoms with van der Waals surface area (Å²) < 4.78 is 0. The third kappa shape index (κ3) is 2.88. The van der Waals surface area contributed by atoms with Crippen LogP contribution in [-0.4, -0.2) is 19.0 Å². The van der Waals surface area contributed by atoms with E-state index in [2.05, 4.69) is 29.7 Å². The molecule has 0 atom stereocenters. The highest BCUT2D eigenvalue weighted by Crippen LogP contribution is 2.48. The molecule has 20 heavy (non-hydrogen) atoms. The average Bonchev–Trinajstić information content (AvgIpc) is 3.25. The summed E-state index contributed by atoms with van der Waals surface area (Å²) in [5, 5.41) is 6.49. The Morgan fingerprint density at radius 2 is 2.20 bits per heavy atom. The number of nitrogens with one attached hydrogen (secondary N) is 2. The Labute approximate surface area is 121 Å². The van der Waals surface area contributed by atoms with Crippen molar-refractivity contribution in [3.05, 3.63) is 34.9 Å². The first kappa shape index (κ1) is 13.6. The number of carbonyl (C=O) groups is 1. The smallest absolute Gasteiger partial charge is 0.251 e. The van der Waals surface area contributed by atoms with E-state index in [1.165, 1.54) is 36.8 Å². The second kappa shape index (κ2) is 5.57. The fourth-order valence-corrected chi connectivity index (χ4v) is 3.21. The van der Waals surface area contributed by atoms with E-state index in [0.29, 0.717) is 5.41 Å². The van der Waals surface area contributed by atoms with E-state index in [1.54, 1.807) is 0 Å². The molecule has 1 aliphatic carbocycles. The molecule has 3 nitrogen and oxygen atoms in total. The van der Waals surface area contributed by atoms with Gasteiger partial charge in [0, 0.05) is 18.7 Å². The highest BCUT2D eigenvalue weighted by atomic mass is 16.1. The van der Waals surface area contributed by atoms with Crippen LogP contribution >= 0.6 is 0 Å². The van der Waals surface area contributed by atoms with E-state index < -0.39 is 0 Å². The minimum atomic E-state index is 0.0840. The molecule has 0 unspecified atom stereocenters. The zero-order valence-corrected chi connectivity index (χ0v) is 12.3. The van der Waals surface area contributed by atoms with Crippen molar-refractivity contribution in [1.82, 2.24) is 10.6 Å². The van der Waals surface area contributed by atoms with Gasteiger partial charge in [-0.1, -0.05) is 19.4 Å². The summed E-state index contributed by atoms with van der Waals surface area (Å²) in [5.74, 6) is 0.0840. The SMILES string of the molecule is CCCC1(CNC(=O)c2ccc3c(c2)CNCC3)CC1. The summed E-state index contributed by atoms with van der Waals surface area (Å²) in [7, 11) is 0. The van der Waals surface area contributed by atoms with Crippen LogP contribution in [0.25, 0.3) is 0 Å². The molecule has 2 aliphatic rings. The minimum Gasteiger partial charge on any atom is -0.351 e. The van der Waals surface area contributed by atoms with Crippen LogP contribution in [0.3, 0.4) is 0 Å². The van der Waals surface area contributed by atoms with Gasteiger partial charge in [0.2, 0.25) is 0 Å². The summed E-state index contributed by atoms with van der Waals surface area (Å²) in [5.41, 5.74) is 3.88. The second-order valence-corrected chi connectivity index (χ2v) is 6.34. The van der Waals surface area contributed by atoms with Crippen LogP contribution < -0.4 is 10.6 Å². The number of amides is 1. The quantitative estimate of drug-likeness (QED) is 0.865. The molecule has 0 aromatic heterocycles. The molecule has 1 heterocycles. The van der Waals surface area contributed by atoms with E-state index in [9.17, 15) is 4.79 Å². The molecule has 1 aromatic rings. The Bertz CT molecular complexity index is 506. The molecule has 3 heteroatoms. The van der Waals surface area contributed by atoms with Crippen molar-refractivity contribution in [3.63, 3.8) is 0 Å². The van der Waals surface area contributed by atoms with Crippen molar-refractivity contribution in [1.29, 1.82) is 0 Å². The Morgan fingerprint density at radius 1 is 1.35 bits per heavy atom. The molecular formula is C17H24N2O. The van der Waals surface area contributed by atoms with Gasteiger partial charge < -0.3 is 10.6 Å². The maximum absolute atomic E-state index is 12.3. The van der Waals surface area contributed by atoms with Crippen LogP contribution in [0.4, 0.5) is 0 Å². The van der Waals surface area contributed by atoms with Crippen LogP contribution in [0.1, 0.15) is 54.1 Å². The molecule has 2 N–H and O–H groups in total. The van der Waals surface area contributed by atoms with E-state index in [0.717, 1.165) is 31.6 Å². The molecule has 0 bridgehead atoms. The summed E-state index contributed by atoms with van der Waals surface area (Å²) in [6, 6.07) is 6.14. The molecule has 108 valence electrons. The molecular weight excluding hydrogens is 248 g/mol. The third-order valence-corrected chi connectivity index (χ3v) is 4.72. The Morgan fingerprint density at radius 3 is 2.95 bits per heavy atom. The van der Waals surface area contributed by atoms with Gasteiger partial charge in [-0.15, -0.1) is 0 Å². The third-order valence-electron chi connectivity index (χ3n) is 4.72. The van der Waals surface area contributed by atoms with Crippen LogP contribution in [0.15, 0.2) is 18.2 Å². The predicted octanol–water partition coefficient (Wildman–Crippen LogP) is 2.64. The van der Waals surface area contributed by atoms with Crippen LogP contribution in [0.2, 0.25) is 0 Å². The van der Waals surface area contributed by atoms with Crippen molar-refractivity contribution < 1.29 is 4.79 Å². The lowest BCUT2D eigenvalue weighted by atomic mass is 9.97. The lowest BCUT2D eigenvalue weighted by Gasteiger charge is -2.18. The first-order chi connectivity index (χ1) is 9.72. The molecule has 1 fully saturated rings. The van der Waals surface area contributed by atoms with Crippen molar-refractivity contribution in [3.8, 4) is 0 Å². The fraction of sp³-hybridized carbons (Fsp3) is 0.588. The molecule has 1 saturated carbocycles. The number of hydrogen-bond acceptors (Lipinski definition) is 2. The molecule has 1 amide bonds. The number of rotatable bonds is 5. The maximum Gasteiger partial charge on any atom is 0.251 e. The molecule has 0 radical (unpaired) electrons. The lowest BCUT2D eigenvalue weighted by Crippen LogP contribution is -2.31. The second-order valence-electron chi connectivity index (χ2n) is 6.34. The van der Waals surface area contributed by atoms with Gasteiger partial charge in [-0.3, -0.25) is 4.79 Å². The standard InChI is InChI=1S/C17H24N2O/c1-2-6-17(7-8-17)12-19-16(20)14-4-3-13-5-9-18-11-15(13)10-14/h3-4,10,18H,2,5-9,11-12H2,1H3,(H,19,20). The van der Waals surface area contributed by atoms with Crippen molar-refractivity contribution in [2.45, 2.75) is 45.6 Å². The van der Waals surface area contributed by atoms with Gasteiger partial charge in [-0.05, 0) is 60.9 Å². The average molecular weight is 272 g/mol. The largest absolute Gasteiger partial charge is 0.351 e. The number of carbonyl (C=O) groups excluding carboxylic acids is 1. The Hall–Kier alpha value is -1.35. The van der Waals surface area contributed by atoms with Crippen LogP contribution in [0, 0.1) is 5.41 Å². The highest BCUT2D eigenvalue weighted by Gasteiger charge is 2.41. The maximum atomic E-state index is 12.3. The summed E-state index contributed by atoms with van der Waals surface area (Å²) in [4.78, 5) is 12.3.